The monoisotopic (exact) mass is 309 g/mol. The molecule has 0 aromatic heterocycles. The van der Waals surface area contributed by atoms with Crippen LogP contribution < -0.4 is 5.32 Å². The van der Waals surface area contributed by atoms with Crippen molar-refractivity contribution in [1.82, 2.24) is 5.32 Å². The number of carbonyl (C=O) groups excluding carboxylic acids is 1. The number of rotatable bonds is 3. The van der Waals surface area contributed by atoms with Gasteiger partial charge in [-0.25, -0.2) is 4.79 Å². The smallest absolute Gasteiger partial charge is 0.329 e. The van der Waals surface area contributed by atoms with Crippen LogP contribution in [0.1, 0.15) is 48.5 Å². The predicted octanol–water partition coefficient (Wildman–Crippen LogP) is 3.41. The molecule has 5 heteroatoms. The van der Waals surface area contributed by atoms with Gasteiger partial charge >= 0.3 is 5.97 Å². The van der Waals surface area contributed by atoms with Crippen LogP contribution in [0.2, 0.25) is 5.02 Å². The number of carboxylic acids is 1. The van der Waals surface area contributed by atoms with Gasteiger partial charge in [0.25, 0.3) is 5.91 Å². The highest BCUT2D eigenvalue weighted by Crippen LogP contribution is 2.32. The number of carboxylic acid groups (broad SMARTS) is 1. The minimum absolute atomic E-state index is 0.346. The first-order valence-electron chi connectivity index (χ1n) is 7.16. The quantitative estimate of drug-likeness (QED) is 0.899. The number of hydrogen-bond donors (Lipinski definition) is 2. The van der Waals surface area contributed by atoms with Crippen LogP contribution in [0.25, 0.3) is 0 Å². The summed E-state index contributed by atoms with van der Waals surface area (Å²) in [7, 11) is 0. The topological polar surface area (TPSA) is 66.4 Å². The van der Waals surface area contributed by atoms with Gasteiger partial charge in [-0.2, -0.15) is 0 Å². The van der Waals surface area contributed by atoms with Gasteiger partial charge < -0.3 is 10.4 Å². The zero-order valence-electron chi connectivity index (χ0n) is 12.3. The number of carbonyl (C=O) groups is 2. The summed E-state index contributed by atoms with van der Waals surface area (Å²) in [6, 6.07) is 4.97. The Morgan fingerprint density at radius 2 is 1.95 bits per heavy atom. The molecule has 2 rings (SSSR count). The summed E-state index contributed by atoms with van der Waals surface area (Å²) in [6.07, 6.45) is 2.57. The minimum Gasteiger partial charge on any atom is -0.480 e. The molecule has 1 amide bonds. The van der Waals surface area contributed by atoms with Crippen LogP contribution in [0.15, 0.2) is 18.2 Å². The zero-order chi connectivity index (χ0) is 15.6. The molecule has 1 aliphatic rings. The Morgan fingerprint density at radius 1 is 1.33 bits per heavy atom. The molecule has 4 nitrogen and oxygen atoms in total. The van der Waals surface area contributed by atoms with Gasteiger partial charge in [-0.1, -0.05) is 18.5 Å². The molecule has 1 saturated carbocycles. The summed E-state index contributed by atoms with van der Waals surface area (Å²) in [6.45, 7) is 3.90. The number of aliphatic carboxylic acids is 1. The molecule has 21 heavy (non-hydrogen) atoms. The van der Waals surface area contributed by atoms with Crippen molar-refractivity contribution in [1.29, 1.82) is 0 Å². The van der Waals surface area contributed by atoms with E-state index in [2.05, 4.69) is 12.2 Å². The van der Waals surface area contributed by atoms with Gasteiger partial charge in [0.05, 0.1) is 0 Å². The van der Waals surface area contributed by atoms with E-state index in [9.17, 15) is 14.7 Å². The summed E-state index contributed by atoms with van der Waals surface area (Å²) in [5.74, 6) is -0.790. The van der Waals surface area contributed by atoms with Gasteiger partial charge in [-0.15, -0.1) is 0 Å². The summed E-state index contributed by atoms with van der Waals surface area (Å²) in [4.78, 5) is 24.1. The number of aryl methyl sites for hydroxylation is 1. The van der Waals surface area contributed by atoms with E-state index in [0.29, 0.717) is 29.3 Å². The van der Waals surface area contributed by atoms with Gasteiger partial charge in [0.1, 0.15) is 5.54 Å². The average molecular weight is 310 g/mol. The molecule has 1 aromatic carbocycles. The molecule has 1 aliphatic carbocycles. The highest BCUT2D eigenvalue weighted by atomic mass is 35.5. The molecule has 0 heterocycles. The van der Waals surface area contributed by atoms with Gasteiger partial charge in [0.15, 0.2) is 0 Å². The Balaban J connectivity index is 2.21. The molecule has 0 bridgehead atoms. The summed E-state index contributed by atoms with van der Waals surface area (Å²) >= 11 is 5.88. The Kier molecular flexibility index (Phi) is 4.57. The van der Waals surface area contributed by atoms with Gasteiger partial charge in [0.2, 0.25) is 0 Å². The summed E-state index contributed by atoms with van der Waals surface area (Å²) in [5.41, 5.74) is 0.0683. The molecule has 0 unspecified atom stereocenters. The van der Waals surface area contributed by atoms with Gasteiger partial charge in [-0.05, 0) is 62.3 Å². The van der Waals surface area contributed by atoms with Crippen molar-refractivity contribution in [3.05, 3.63) is 34.3 Å². The van der Waals surface area contributed by atoms with Gasteiger partial charge in [0, 0.05) is 10.6 Å². The van der Waals surface area contributed by atoms with Crippen LogP contribution >= 0.6 is 11.6 Å². The maximum atomic E-state index is 12.4. The van der Waals surface area contributed by atoms with Crippen molar-refractivity contribution in [2.75, 3.05) is 0 Å². The van der Waals surface area contributed by atoms with Crippen molar-refractivity contribution in [3.63, 3.8) is 0 Å². The fourth-order valence-corrected chi connectivity index (χ4v) is 3.04. The van der Waals surface area contributed by atoms with Crippen LogP contribution in [0.5, 0.6) is 0 Å². The second kappa shape index (κ2) is 6.06. The normalized spacial score (nSPS) is 25.4. The zero-order valence-corrected chi connectivity index (χ0v) is 13.0. The van der Waals surface area contributed by atoms with Crippen molar-refractivity contribution < 1.29 is 14.7 Å². The van der Waals surface area contributed by atoms with E-state index in [1.807, 2.05) is 0 Å². The largest absolute Gasteiger partial charge is 0.480 e. The van der Waals surface area contributed by atoms with E-state index in [1.54, 1.807) is 25.1 Å². The lowest BCUT2D eigenvalue weighted by Crippen LogP contribution is -2.56. The Hall–Kier alpha value is -1.55. The number of amides is 1. The van der Waals surface area contributed by atoms with Crippen LogP contribution in [0.4, 0.5) is 0 Å². The van der Waals surface area contributed by atoms with Crippen LogP contribution in [-0.2, 0) is 4.79 Å². The average Bonchev–Trinajstić information content (AvgIpc) is 2.41. The molecule has 114 valence electrons. The molecular weight excluding hydrogens is 290 g/mol. The first kappa shape index (κ1) is 15.8. The van der Waals surface area contributed by atoms with Crippen molar-refractivity contribution in [2.45, 2.75) is 45.1 Å². The van der Waals surface area contributed by atoms with Crippen LogP contribution in [-0.4, -0.2) is 22.5 Å². The van der Waals surface area contributed by atoms with E-state index in [-0.39, 0.29) is 5.91 Å². The van der Waals surface area contributed by atoms with E-state index < -0.39 is 11.5 Å². The second-order valence-corrected chi connectivity index (χ2v) is 6.42. The molecule has 0 saturated heterocycles. The predicted molar refractivity (Wildman–Crippen MR) is 81.7 cm³/mol. The van der Waals surface area contributed by atoms with Crippen molar-refractivity contribution in [2.24, 2.45) is 5.92 Å². The first-order chi connectivity index (χ1) is 9.84. The third kappa shape index (κ3) is 3.38. The molecule has 0 atom stereocenters. The number of hydrogen-bond acceptors (Lipinski definition) is 2. The lowest BCUT2D eigenvalue weighted by molar-refractivity contribution is -0.146. The van der Waals surface area contributed by atoms with Crippen molar-refractivity contribution >= 4 is 23.5 Å². The second-order valence-electron chi connectivity index (χ2n) is 5.98. The molecular formula is C16H20ClNO3. The van der Waals surface area contributed by atoms with Gasteiger partial charge in [-0.3, -0.25) is 4.79 Å². The van der Waals surface area contributed by atoms with E-state index >= 15 is 0 Å². The molecule has 0 radical (unpaired) electrons. The number of nitrogens with one attached hydrogen (secondary N) is 1. The van der Waals surface area contributed by atoms with E-state index in [0.717, 1.165) is 18.4 Å². The Labute approximate surface area is 129 Å². The summed E-state index contributed by atoms with van der Waals surface area (Å²) in [5, 5.41) is 12.9. The fraction of sp³-hybridized carbons (Fsp3) is 0.500. The maximum Gasteiger partial charge on any atom is 0.329 e. The SMILES string of the molecule is Cc1cc(Cl)ccc1C(=O)NC1(C(=O)O)CCC(C)CC1. The van der Waals surface area contributed by atoms with Crippen LogP contribution in [0.3, 0.4) is 0 Å². The fourth-order valence-electron chi connectivity index (χ4n) is 2.81. The number of halogens is 1. The standard InChI is InChI=1S/C16H20ClNO3/c1-10-5-7-16(8-6-10,15(20)21)18-14(19)13-4-3-12(17)9-11(13)2/h3-4,9-10H,5-8H2,1-2H3,(H,18,19)(H,20,21). The third-order valence-electron chi connectivity index (χ3n) is 4.32. The van der Waals surface area contributed by atoms with E-state index in [4.69, 9.17) is 11.6 Å². The lowest BCUT2D eigenvalue weighted by Gasteiger charge is -2.36. The first-order valence-corrected chi connectivity index (χ1v) is 7.54. The third-order valence-corrected chi connectivity index (χ3v) is 4.56. The molecule has 1 aromatic rings. The van der Waals surface area contributed by atoms with E-state index in [1.165, 1.54) is 0 Å². The Morgan fingerprint density at radius 3 is 2.48 bits per heavy atom. The highest BCUT2D eigenvalue weighted by molar-refractivity contribution is 6.30. The Bertz CT molecular complexity index is 563. The maximum absolute atomic E-state index is 12.4. The van der Waals surface area contributed by atoms with Crippen molar-refractivity contribution in [3.8, 4) is 0 Å². The van der Waals surface area contributed by atoms with Crippen LogP contribution in [0, 0.1) is 12.8 Å². The number of benzene rings is 1. The molecule has 2 N–H and O–H groups in total. The molecule has 0 spiro atoms. The molecule has 0 aliphatic heterocycles. The minimum atomic E-state index is -1.14. The highest BCUT2D eigenvalue weighted by Gasteiger charge is 2.42. The summed E-state index contributed by atoms with van der Waals surface area (Å²) < 4.78 is 0. The molecule has 1 fully saturated rings. The lowest BCUT2D eigenvalue weighted by atomic mass is 9.77.